The van der Waals surface area contributed by atoms with Gasteiger partial charge in [0.05, 0.1) is 17.8 Å². The molecule has 0 aliphatic rings. The summed E-state index contributed by atoms with van der Waals surface area (Å²) in [5, 5.41) is 19.2. The molecule has 0 spiro atoms. The summed E-state index contributed by atoms with van der Waals surface area (Å²) in [7, 11) is 0. The molecule has 1 unspecified atom stereocenters. The Morgan fingerprint density at radius 2 is 2.33 bits per heavy atom. The van der Waals surface area contributed by atoms with Gasteiger partial charge in [-0.05, 0) is 31.5 Å². The highest BCUT2D eigenvalue weighted by atomic mass is 15.1. The molecule has 0 aliphatic heterocycles. The Bertz CT molecular complexity index is 565. The van der Waals surface area contributed by atoms with Gasteiger partial charge in [0.2, 0.25) is 0 Å². The van der Waals surface area contributed by atoms with E-state index >= 15 is 0 Å². The highest BCUT2D eigenvalue weighted by molar-refractivity contribution is 5.34. The molecule has 1 aromatic heterocycles. The third-order valence-electron chi connectivity index (χ3n) is 3.05. The van der Waals surface area contributed by atoms with Gasteiger partial charge in [0.15, 0.2) is 0 Å². The van der Waals surface area contributed by atoms with Crippen molar-refractivity contribution in [3.8, 4) is 6.07 Å². The lowest BCUT2D eigenvalue weighted by atomic mass is 10.1. The molecule has 1 aromatic carbocycles. The van der Waals surface area contributed by atoms with Crippen LogP contribution in [0, 0.1) is 18.3 Å². The monoisotopic (exact) mass is 240 g/mol. The van der Waals surface area contributed by atoms with Crippen LogP contribution in [0.4, 0.5) is 0 Å². The largest absolute Gasteiger partial charge is 0.306 e. The van der Waals surface area contributed by atoms with Gasteiger partial charge < -0.3 is 5.32 Å². The smallest absolute Gasteiger partial charge is 0.0991 e. The molecule has 0 aliphatic carbocycles. The molecule has 0 bridgehead atoms. The third-order valence-corrected chi connectivity index (χ3v) is 3.05. The van der Waals surface area contributed by atoms with E-state index in [9.17, 15) is 0 Å². The summed E-state index contributed by atoms with van der Waals surface area (Å²) in [6.45, 7) is 4.86. The van der Waals surface area contributed by atoms with E-state index in [1.807, 2.05) is 37.4 Å². The molecule has 1 heterocycles. The van der Waals surface area contributed by atoms with Crippen LogP contribution in [0.5, 0.6) is 0 Å². The maximum Gasteiger partial charge on any atom is 0.0991 e. The summed E-state index contributed by atoms with van der Waals surface area (Å²) in [6.07, 6.45) is 1.83. The summed E-state index contributed by atoms with van der Waals surface area (Å²) in [4.78, 5) is 0. The molecule has 2 aromatic rings. The molecular weight excluding hydrogens is 224 g/mol. The number of nitriles is 1. The van der Waals surface area contributed by atoms with Gasteiger partial charge in [-0.2, -0.15) is 10.4 Å². The third kappa shape index (κ3) is 2.76. The van der Waals surface area contributed by atoms with Crippen LogP contribution < -0.4 is 5.32 Å². The van der Waals surface area contributed by atoms with Crippen LogP contribution in [0.1, 0.15) is 35.3 Å². The minimum absolute atomic E-state index is 0.201. The molecule has 0 radical (unpaired) electrons. The fourth-order valence-electron chi connectivity index (χ4n) is 1.81. The number of aromatic amines is 1. The molecule has 18 heavy (non-hydrogen) atoms. The SMILES string of the molecule is Cc1[nH]ncc1CNC(C)c1cccc(C#N)c1. The van der Waals surface area contributed by atoms with Gasteiger partial charge in [-0.25, -0.2) is 0 Å². The maximum absolute atomic E-state index is 8.88. The number of benzene rings is 1. The highest BCUT2D eigenvalue weighted by Crippen LogP contribution is 2.15. The van der Waals surface area contributed by atoms with E-state index in [1.54, 1.807) is 0 Å². The molecule has 0 saturated heterocycles. The Kier molecular flexibility index (Phi) is 3.75. The molecule has 0 amide bonds. The van der Waals surface area contributed by atoms with Crippen molar-refractivity contribution in [1.82, 2.24) is 15.5 Å². The summed E-state index contributed by atoms with van der Waals surface area (Å²) in [5.74, 6) is 0. The van der Waals surface area contributed by atoms with Crippen LogP contribution >= 0.6 is 0 Å². The summed E-state index contributed by atoms with van der Waals surface area (Å²) >= 11 is 0. The van der Waals surface area contributed by atoms with E-state index < -0.39 is 0 Å². The topological polar surface area (TPSA) is 64.5 Å². The molecular formula is C14H16N4. The summed E-state index contributed by atoms with van der Waals surface area (Å²) in [6, 6.07) is 10.0. The van der Waals surface area contributed by atoms with Crippen LogP contribution in [0.25, 0.3) is 0 Å². The number of nitrogens with one attached hydrogen (secondary N) is 2. The Morgan fingerprint density at radius 3 is 3.00 bits per heavy atom. The van der Waals surface area contributed by atoms with E-state index in [0.717, 1.165) is 17.8 Å². The van der Waals surface area contributed by atoms with Crippen LogP contribution in [0.2, 0.25) is 0 Å². The van der Waals surface area contributed by atoms with Crippen LogP contribution in [0.15, 0.2) is 30.5 Å². The Labute approximate surface area is 107 Å². The van der Waals surface area contributed by atoms with E-state index in [-0.39, 0.29) is 6.04 Å². The zero-order valence-corrected chi connectivity index (χ0v) is 10.6. The lowest BCUT2D eigenvalue weighted by Crippen LogP contribution is -2.18. The molecule has 1 atom stereocenters. The molecule has 2 N–H and O–H groups in total. The van der Waals surface area contributed by atoms with Gasteiger partial charge >= 0.3 is 0 Å². The minimum atomic E-state index is 0.201. The van der Waals surface area contributed by atoms with E-state index in [0.29, 0.717) is 5.56 Å². The number of nitrogens with zero attached hydrogens (tertiary/aromatic N) is 2. The lowest BCUT2D eigenvalue weighted by Gasteiger charge is -2.14. The van der Waals surface area contributed by atoms with Gasteiger partial charge in [-0.1, -0.05) is 12.1 Å². The van der Waals surface area contributed by atoms with Crippen LogP contribution in [-0.4, -0.2) is 10.2 Å². The normalized spacial score (nSPS) is 12.1. The number of H-pyrrole nitrogens is 1. The second-order valence-corrected chi connectivity index (χ2v) is 4.36. The summed E-state index contributed by atoms with van der Waals surface area (Å²) < 4.78 is 0. The fourth-order valence-corrected chi connectivity index (χ4v) is 1.81. The minimum Gasteiger partial charge on any atom is -0.306 e. The number of hydrogen-bond acceptors (Lipinski definition) is 3. The van der Waals surface area contributed by atoms with Crippen LogP contribution in [-0.2, 0) is 6.54 Å². The average Bonchev–Trinajstić information content (AvgIpc) is 2.81. The standard InChI is InChI=1S/C14H16N4/c1-10(13-5-3-4-12(6-13)7-15)16-8-14-9-17-18-11(14)2/h3-6,9-10,16H,8H2,1-2H3,(H,17,18). The second kappa shape index (κ2) is 5.48. The van der Waals surface area contributed by atoms with Crippen molar-refractivity contribution in [2.75, 3.05) is 0 Å². The van der Waals surface area contributed by atoms with Crippen molar-refractivity contribution >= 4 is 0 Å². The first kappa shape index (κ1) is 12.3. The van der Waals surface area contributed by atoms with Crippen LogP contribution in [0.3, 0.4) is 0 Å². The Morgan fingerprint density at radius 1 is 1.50 bits per heavy atom. The summed E-state index contributed by atoms with van der Waals surface area (Å²) in [5.41, 5.74) is 4.06. The molecule has 92 valence electrons. The van der Waals surface area contributed by atoms with E-state index in [2.05, 4.69) is 28.5 Å². The number of hydrogen-bond donors (Lipinski definition) is 2. The number of aromatic nitrogens is 2. The Balaban J connectivity index is 2.01. The molecule has 0 saturated carbocycles. The maximum atomic E-state index is 8.88. The van der Waals surface area contributed by atoms with Crippen molar-refractivity contribution in [1.29, 1.82) is 5.26 Å². The Hall–Kier alpha value is -2.12. The first-order valence-corrected chi connectivity index (χ1v) is 5.93. The van der Waals surface area contributed by atoms with E-state index in [4.69, 9.17) is 5.26 Å². The van der Waals surface area contributed by atoms with Gasteiger partial charge in [0.1, 0.15) is 0 Å². The fraction of sp³-hybridized carbons (Fsp3) is 0.286. The molecule has 4 nitrogen and oxygen atoms in total. The quantitative estimate of drug-likeness (QED) is 0.862. The van der Waals surface area contributed by atoms with Crippen molar-refractivity contribution in [2.24, 2.45) is 0 Å². The van der Waals surface area contributed by atoms with Crippen molar-refractivity contribution in [3.63, 3.8) is 0 Å². The van der Waals surface area contributed by atoms with Gasteiger partial charge in [0, 0.05) is 23.8 Å². The number of rotatable bonds is 4. The first-order valence-electron chi connectivity index (χ1n) is 5.93. The van der Waals surface area contributed by atoms with Crippen molar-refractivity contribution in [2.45, 2.75) is 26.4 Å². The average molecular weight is 240 g/mol. The number of aryl methyl sites for hydroxylation is 1. The van der Waals surface area contributed by atoms with E-state index in [1.165, 1.54) is 5.56 Å². The van der Waals surface area contributed by atoms with Gasteiger partial charge in [-0.15, -0.1) is 0 Å². The first-order chi connectivity index (χ1) is 8.70. The molecule has 0 fully saturated rings. The highest BCUT2D eigenvalue weighted by Gasteiger charge is 2.07. The second-order valence-electron chi connectivity index (χ2n) is 4.36. The predicted octanol–water partition coefficient (Wildman–Crippen LogP) is 2.44. The van der Waals surface area contributed by atoms with Gasteiger partial charge in [-0.3, -0.25) is 5.10 Å². The predicted molar refractivity (Wildman–Crippen MR) is 69.7 cm³/mol. The van der Waals surface area contributed by atoms with Crippen molar-refractivity contribution in [3.05, 3.63) is 52.8 Å². The van der Waals surface area contributed by atoms with Gasteiger partial charge in [0.25, 0.3) is 0 Å². The zero-order valence-electron chi connectivity index (χ0n) is 10.6. The van der Waals surface area contributed by atoms with Crippen molar-refractivity contribution < 1.29 is 0 Å². The lowest BCUT2D eigenvalue weighted by molar-refractivity contribution is 0.573. The molecule has 4 heteroatoms. The zero-order chi connectivity index (χ0) is 13.0. The molecule has 2 rings (SSSR count).